The molecule has 1 amide bonds. The Balaban J connectivity index is 1.61. The van der Waals surface area contributed by atoms with Crippen LogP contribution in [0.5, 0.6) is 0 Å². The molecular weight excluding hydrogens is 412 g/mol. The van der Waals surface area contributed by atoms with Gasteiger partial charge in [-0.05, 0) is 42.4 Å². The van der Waals surface area contributed by atoms with Gasteiger partial charge < -0.3 is 9.80 Å². The zero-order valence-electron chi connectivity index (χ0n) is 15.9. The lowest BCUT2D eigenvalue weighted by Gasteiger charge is -2.37. The second-order valence-electron chi connectivity index (χ2n) is 6.65. The van der Waals surface area contributed by atoms with E-state index in [0.29, 0.717) is 47.6 Å². The number of nitro groups is 1. The number of nitrogens with zero attached hydrogens (tertiary/aromatic N) is 3. The average molecular weight is 433 g/mol. The van der Waals surface area contributed by atoms with Crippen molar-refractivity contribution in [1.82, 2.24) is 10.2 Å². The Morgan fingerprint density at radius 1 is 1.17 bits per heavy atom. The molecule has 0 unspecified atom stereocenters. The molecule has 3 rings (SSSR count). The van der Waals surface area contributed by atoms with E-state index in [1.807, 2.05) is 21.9 Å². The fourth-order valence-electron chi connectivity index (χ4n) is 3.24. The van der Waals surface area contributed by atoms with E-state index in [0.717, 1.165) is 12.0 Å². The molecule has 29 heavy (non-hydrogen) atoms. The summed E-state index contributed by atoms with van der Waals surface area (Å²) in [5, 5.41) is 14.8. The van der Waals surface area contributed by atoms with Crippen LogP contribution in [0.25, 0.3) is 0 Å². The number of piperazine rings is 1. The SMILES string of the molecule is CCc1ccc(C(=O)NC(=S)N2CCN(c3c(Cl)cccc3[N+](=O)[O-])CC2)cc1. The lowest BCUT2D eigenvalue weighted by atomic mass is 10.1. The summed E-state index contributed by atoms with van der Waals surface area (Å²) in [6.07, 6.45) is 0.911. The van der Waals surface area contributed by atoms with E-state index in [-0.39, 0.29) is 11.6 Å². The van der Waals surface area contributed by atoms with Crippen molar-refractivity contribution in [3.05, 3.63) is 68.7 Å². The fraction of sp³-hybridized carbons (Fsp3) is 0.300. The van der Waals surface area contributed by atoms with Crippen LogP contribution in [0, 0.1) is 10.1 Å². The molecule has 0 atom stereocenters. The summed E-state index contributed by atoms with van der Waals surface area (Å²) < 4.78 is 0. The summed E-state index contributed by atoms with van der Waals surface area (Å²) in [4.78, 5) is 27.1. The number of nitrogens with one attached hydrogen (secondary N) is 1. The van der Waals surface area contributed by atoms with Crippen LogP contribution >= 0.6 is 23.8 Å². The first kappa shape index (κ1) is 21.0. The van der Waals surface area contributed by atoms with Gasteiger partial charge in [0.2, 0.25) is 0 Å². The van der Waals surface area contributed by atoms with Crippen molar-refractivity contribution in [2.75, 3.05) is 31.1 Å². The highest BCUT2D eigenvalue weighted by Gasteiger charge is 2.27. The summed E-state index contributed by atoms with van der Waals surface area (Å²) in [7, 11) is 0. The van der Waals surface area contributed by atoms with Crippen LogP contribution in [-0.4, -0.2) is 47.0 Å². The minimum absolute atomic E-state index is 0.0163. The number of benzene rings is 2. The molecule has 2 aromatic carbocycles. The third kappa shape index (κ3) is 4.83. The molecule has 0 bridgehead atoms. The van der Waals surface area contributed by atoms with Gasteiger partial charge in [0.15, 0.2) is 5.11 Å². The van der Waals surface area contributed by atoms with E-state index in [2.05, 4.69) is 12.2 Å². The molecule has 7 nitrogen and oxygen atoms in total. The first-order valence-corrected chi connectivity index (χ1v) is 10.1. The van der Waals surface area contributed by atoms with Crippen LogP contribution in [0.2, 0.25) is 5.02 Å². The molecule has 9 heteroatoms. The minimum atomic E-state index is -0.428. The maximum Gasteiger partial charge on any atom is 0.294 e. The quantitative estimate of drug-likeness (QED) is 0.451. The molecule has 0 radical (unpaired) electrons. The van der Waals surface area contributed by atoms with Crippen molar-refractivity contribution < 1.29 is 9.72 Å². The second-order valence-corrected chi connectivity index (χ2v) is 7.44. The van der Waals surface area contributed by atoms with Gasteiger partial charge >= 0.3 is 0 Å². The van der Waals surface area contributed by atoms with E-state index in [4.69, 9.17) is 23.8 Å². The van der Waals surface area contributed by atoms with E-state index in [1.165, 1.54) is 6.07 Å². The highest BCUT2D eigenvalue weighted by atomic mass is 35.5. The average Bonchev–Trinajstić information content (AvgIpc) is 2.73. The molecule has 2 aromatic rings. The molecule has 0 saturated carbocycles. The van der Waals surface area contributed by atoms with E-state index < -0.39 is 4.92 Å². The van der Waals surface area contributed by atoms with Gasteiger partial charge in [-0.2, -0.15) is 0 Å². The van der Waals surface area contributed by atoms with E-state index in [9.17, 15) is 14.9 Å². The third-order valence-electron chi connectivity index (χ3n) is 4.89. The minimum Gasteiger partial charge on any atom is -0.361 e. The van der Waals surface area contributed by atoms with Gasteiger partial charge in [-0.3, -0.25) is 20.2 Å². The number of para-hydroxylation sites is 1. The molecule has 0 spiro atoms. The van der Waals surface area contributed by atoms with Gasteiger partial charge in [-0.1, -0.05) is 36.7 Å². The Kier molecular flexibility index (Phi) is 6.66. The van der Waals surface area contributed by atoms with Crippen LogP contribution in [0.1, 0.15) is 22.8 Å². The third-order valence-corrected chi connectivity index (χ3v) is 5.56. The van der Waals surface area contributed by atoms with Crippen molar-refractivity contribution in [3.63, 3.8) is 0 Å². The number of nitro benzene ring substituents is 1. The molecule has 1 aliphatic heterocycles. The van der Waals surface area contributed by atoms with E-state index >= 15 is 0 Å². The van der Waals surface area contributed by atoms with Crippen LogP contribution in [0.4, 0.5) is 11.4 Å². The van der Waals surface area contributed by atoms with Gasteiger partial charge in [0.05, 0.1) is 9.95 Å². The molecule has 0 aliphatic carbocycles. The Hall–Kier alpha value is -2.71. The van der Waals surface area contributed by atoms with Crippen LogP contribution < -0.4 is 10.2 Å². The normalized spacial score (nSPS) is 13.9. The molecule has 1 aliphatic rings. The van der Waals surface area contributed by atoms with Crippen molar-refractivity contribution in [1.29, 1.82) is 0 Å². The molecule has 0 aromatic heterocycles. The number of halogens is 1. The number of hydrogen-bond acceptors (Lipinski definition) is 5. The van der Waals surface area contributed by atoms with Gasteiger partial charge in [-0.25, -0.2) is 0 Å². The summed E-state index contributed by atoms with van der Waals surface area (Å²) in [5.74, 6) is -0.248. The summed E-state index contributed by atoms with van der Waals surface area (Å²) in [5.41, 5.74) is 2.12. The Morgan fingerprint density at radius 2 is 1.83 bits per heavy atom. The standard InChI is InChI=1S/C20H21ClN4O3S/c1-2-14-6-8-15(9-7-14)19(26)22-20(29)24-12-10-23(11-13-24)18-16(21)4-3-5-17(18)25(27)28/h3-9H,2,10-13H2,1H3,(H,22,26,29). The predicted molar refractivity (Wildman–Crippen MR) is 118 cm³/mol. The lowest BCUT2D eigenvalue weighted by molar-refractivity contribution is -0.384. The van der Waals surface area contributed by atoms with Crippen molar-refractivity contribution in [2.24, 2.45) is 0 Å². The number of anilines is 1. The number of carbonyl (C=O) groups excluding carboxylic acids is 1. The summed E-state index contributed by atoms with van der Waals surface area (Å²) >= 11 is 11.6. The number of hydrogen-bond donors (Lipinski definition) is 1. The van der Waals surface area contributed by atoms with Crippen LogP contribution in [0.15, 0.2) is 42.5 Å². The molecule has 1 heterocycles. The Bertz CT molecular complexity index is 928. The largest absolute Gasteiger partial charge is 0.361 e. The molecule has 1 fully saturated rings. The van der Waals surface area contributed by atoms with Crippen molar-refractivity contribution in [3.8, 4) is 0 Å². The van der Waals surface area contributed by atoms with Crippen LogP contribution in [0.3, 0.4) is 0 Å². The second kappa shape index (κ2) is 9.19. The first-order chi connectivity index (χ1) is 13.9. The van der Waals surface area contributed by atoms with Gasteiger partial charge in [0.1, 0.15) is 5.69 Å². The van der Waals surface area contributed by atoms with Crippen LogP contribution in [-0.2, 0) is 6.42 Å². The first-order valence-electron chi connectivity index (χ1n) is 9.27. The number of rotatable bonds is 4. The zero-order chi connectivity index (χ0) is 21.0. The molecule has 1 N–H and O–H groups in total. The van der Waals surface area contributed by atoms with Gasteiger partial charge in [-0.15, -0.1) is 0 Å². The monoisotopic (exact) mass is 432 g/mol. The number of carbonyl (C=O) groups is 1. The van der Waals surface area contributed by atoms with Crippen molar-refractivity contribution >= 4 is 46.2 Å². The number of thiocarbonyl (C=S) groups is 1. The lowest BCUT2D eigenvalue weighted by Crippen LogP contribution is -2.52. The Labute approximate surface area is 179 Å². The van der Waals surface area contributed by atoms with Gasteiger partial charge in [0.25, 0.3) is 11.6 Å². The molecule has 1 saturated heterocycles. The predicted octanol–water partition coefficient (Wildman–Crippen LogP) is 3.65. The van der Waals surface area contributed by atoms with Crippen molar-refractivity contribution in [2.45, 2.75) is 13.3 Å². The fourth-order valence-corrected chi connectivity index (χ4v) is 3.80. The molecular formula is C20H21ClN4O3S. The molecule has 152 valence electrons. The smallest absolute Gasteiger partial charge is 0.294 e. The highest BCUT2D eigenvalue weighted by Crippen LogP contribution is 2.35. The Morgan fingerprint density at radius 3 is 2.41 bits per heavy atom. The highest BCUT2D eigenvalue weighted by molar-refractivity contribution is 7.80. The summed E-state index contributed by atoms with van der Waals surface area (Å²) in [6.45, 7) is 4.12. The topological polar surface area (TPSA) is 78.7 Å². The van der Waals surface area contributed by atoms with Gasteiger partial charge in [0, 0.05) is 37.8 Å². The maximum absolute atomic E-state index is 12.4. The number of aryl methyl sites for hydroxylation is 1. The number of amides is 1. The maximum atomic E-state index is 12.4. The summed E-state index contributed by atoms with van der Waals surface area (Å²) in [6, 6.07) is 12.1. The zero-order valence-corrected chi connectivity index (χ0v) is 17.5. The van der Waals surface area contributed by atoms with E-state index in [1.54, 1.807) is 24.3 Å².